The maximum Gasteiger partial charge on any atom is 0.123 e. The summed E-state index contributed by atoms with van der Waals surface area (Å²) in [5.41, 5.74) is 2.76. The third kappa shape index (κ3) is 3.96. The van der Waals surface area contributed by atoms with Crippen LogP contribution in [-0.4, -0.2) is 44.7 Å². The average molecular weight is 341 g/mol. The molecule has 0 atom stereocenters. The fourth-order valence-corrected chi connectivity index (χ4v) is 3.38. The second-order valence-electron chi connectivity index (χ2n) is 5.68. The van der Waals surface area contributed by atoms with Gasteiger partial charge in [-0.3, -0.25) is 0 Å². The van der Waals surface area contributed by atoms with E-state index in [9.17, 15) is 0 Å². The molecule has 0 amide bonds. The van der Waals surface area contributed by atoms with Crippen molar-refractivity contribution in [2.45, 2.75) is 26.2 Å². The van der Waals surface area contributed by atoms with Gasteiger partial charge in [-0.1, -0.05) is 29.8 Å². The van der Waals surface area contributed by atoms with Crippen LogP contribution in [0.15, 0.2) is 16.6 Å². The monoisotopic (exact) mass is 340 g/mol. The zero-order valence-electron chi connectivity index (χ0n) is 12.7. The van der Waals surface area contributed by atoms with Crippen LogP contribution >= 0.6 is 15.9 Å². The molecule has 20 heavy (non-hydrogen) atoms. The van der Waals surface area contributed by atoms with Gasteiger partial charge in [0.05, 0.1) is 7.11 Å². The summed E-state index contributed by atoms with van der Waals surface area (Å²) < 4.78 is 6.67. The Morgan fingerprint density at radius 1 is 1.30 bits per heavy atom. The van der Waals surface area contributed by atoms with E-state index >= 15 is 0 Å². The minimum atomic E-state index is 0.482. The molecule has 2 rings (SSSR count). The van der Waals surface area contributed by atoms with Gasteiger partial charge < -0.3 is 15.0 Å². The van der Waals surface area contributed by atoms with E-state index in [2.05, 4.69) is 52.1 Å². The smallest absolute Gasteiger partial charge is 0.123 e. The van der Waals surface area contributed by atoms with Gasteiger partial charge in [-0.15, -0.1) is 0 Å². The summed E-state index contributed by atoms with van der Waals surface area (Å²) in [6, 6.07) is 4.32. The first-order chi connectivity index (χ1) is 9.61. The lowest BCUT2D eigenvalue weighted by Crippen LogP contribution is -2.44. The molecular weight excluding hydrogens is 316 g/mol. The first-order valence-corrected chi connectivity index (χ1v) is 8.20. The third-order valence-corrected chi connectivity index (χ3v) is 4.35. The molecule has 1 saturated heterocycles. The van der Waals surface area contributed by atoms with Crippen molar-refractivity contribution in [2.24, 2.45) is 0 Å². The largest absolute Gasteiger partial charge is 0.496 e. The van der Waals surface area contributed by atoms with Gasteiger partial charge in [0, 0.05) is 37.2 Å². The highest BCUT2D eigenvalue weighted by atomic mass is 79.9. The molecule has 0 bridgehead atoms. The Labute approximate surface area is 130 Å². The number of benzene rings is 1. The normalized spacial score (nSPS) is 16.6. The Hall–Kier alpha value is -0.580. The molecule has 1 aliphatic heterocycles. The molecule has 0 spiro atoms. The van der Waals surface area contributed by atoms with Gasteiger partial charge in [0.25, 0.3) is 0 Å². The second-order valence-corrected chi connectivity index (χ2v) is 6.59. The van der Waals surface area contributed by atoms with E-state index in [4.69, 9.17) is 4.74 Å². The van der Waals surface area contributed by atoms with E-state index in [0.717, 1.165) is 49.4 Å². The number of nitrogens with one attached hydrogen (secondary N) is 1. The lowest BCUT2D eigenvalue weighted by Gasteiger charge is -2.28. The van der Waals surface area contributed by atoms with E-state index in [-0.39, 0.29) is 0 Å². The molecule has 1 aromatic rings. The van der Waals surface area contributed by atoms with Crippen LogP contribution in [-0.2, 0) is 6.42 Å². The number of nitrogens with zero attached hydrogens (tertiary/aromatic N) is 1. The standard InChI is InChI=1S/C16H25BrN2O/c1-12(2)16-13(10-14(17)11-15(16)20-3)4-7-19-8-5-18-6-9-19/h10-12,18H,4-9H2,1-3H3. The summed E-state index contributed by atoms with van der Waals surface area (Å²) in [6.07, 6.45) is 1.09. The van der Waals surface area contributed by atoms with Gasteiger partial charge >= 0.3 is 0 Å². The summed E-state index contributed by atoms with van der Waals surface area (Å²) in [6.45, 7) is 10.1. The fourth-order valence-electron chi connectivity index (χ4n) is 2.89. The summed E-state index contributed by atoms with van der Waals surface area (Å²) in [7, 11) is 1.76. The first-order valence-electron chi connectivity index (χ1n) is 7.41. The minimum absolute atomic E-state index is 0.482. The molecule has 112 valence electrons. The van der Waals surface area contributed by atoms with Crippen LogP contribution in [0.1, 0.15) is 30.9 Å². The highest BCUT2D eigenvalue weighted by molar-refractivity contribution is 9.10. The van der Waals surface area contributed by atoms with Crippen LogP contribution in [0, 0.1) is 0 Å². The number of piperazine rings is 1. The van der Waals surface area contributed by atoms with Crippen molar-refractivity contribution in [3.8, 4) is 5.75 Å². The Morgan fingerprint density at radius 3 is 2.60 bits per heavy atom. The maximum absolute atomic E-state index is 5.57. The zero-order valence-corrected chi connectivity index (χ0v) is 14.3. The van der Waals surface area contributed by atoms with Crippen molar-refractivity contribution in [3.63, 3.8) is 0 Å². The number of rotatable bonds is 5. The highest BCUT2D eigenvalue weighted by Crippen LogP contribution is 2.33. The van der Waals surface area contributed by atoms with E-state index < -0.39 is 0 Å². The van der Waals surface area contributed by atoms with Gasteiger partial charge in [-0.2, -0.15) is 0 Å². The SMILES string of the molecule is COc1cc(Br)cc(CCN2CCNCC2)c1C(C)C. The Balaban J connectivity index is 2.14. The molecular formula is C16H25BrN2O. The Morgan fingerprint density at radius 2 is 2.00 bits per heavy atom. The van der Waals surface area contributed by atoms with Crippen molar-refractivity contribution in [2.75, 3.05) is 39.8 Å². The van der Waals surface area contributed by atoms with E-state index in [0.29, 0.717) is 5.92 Å². The van der Waals surface area contributed by atoms with E-state index in [1.165, 1.54) is 11.1 Å². The Kier molecular flexibility index (Phi) is 5.87. The molecule has 4 heteroatoms. The predicted octanol–water partition coefficient (Wildman–Crippen LogP) is 3.03. The van der Waals surface area contributed by atoms with Crippen molar-refractivity contribution >= 4 is 15.9 Å². The molecule has 0 radical (unpaired) electrons. The molecule has 0 saturated carbocycles. The Bertz CT molecular complexity index is 442. The molecule has 1 fully saturated rings. The molecule has 0 unspecified atom stereocenters. The maximum atomic E-state index is 5.57. The lowest BCUT2D eigenvalue weighted by molar-refractivity contribution is 0.243. The molecule has 0 aromatic heterocycles. The summed E-state index contributed by atoms with van der Waals surface area (Å²) in [4.78, 5) is 2.54. The van der Waals surface area contributed by atoms with Crippen molar-refractivity contribution in [1.29, 1.82) is 0 Å². The molecule has 1 aromatic carbocycles. The van der Waals surface area contributed by atoms with Crippen molar-refractivity contribution < 1.29 is 4.74 Å². The molecule has 0 aliphatic carbocycles. The van der Waals surface area contributed by atoms with Crippen LogP contribution in [0.25, 0.3) is 0 Å². The zero-order chi connectivity index (χ0) is 14.5. The molecule has 1 N–H and O–H groups in total. The van der Waals surface area contributed by atoms with Crippen molar-refractivity contribution in [3.05, 3.63) is 27.7 Å². The van der Waals surface area contributed by atoms with Crippen LogP contribution in [0.5, 0.6) is 5.75 Å². The van der Waals surface area contributed by atoms with Crippen molar-refractivity contribution in [1.82, 2.24) is 10.2 Å². The topological polar surface area (TPSA) is 24.5 Å². The predicted molar refractivity (Wildman–Crippen MR) is 87.8 cm³/mol. The van der Waals surface area contributed by atoms with Gasteiger partial charge in [-0.25, -0.2) is 0 Å². The summed E-state index contributed by atoms with van der Waals surface area (Å²) >= 11 is 3.60. The fraction of sp³-hybridized carbons (Fsp3) is 0.625. The van der Waals surface area contributed by atoms with Gasteiger partial charge in [0.1, 0.15) is 5.75 Å². The third-order valence-electron chi connectivity index (χ3n) is 3.90. The van der Waals surface area contributed by atoms with Gasteiger partial charge in [0.15, 0.2) is 0 Å². The van der Waals surface area contributed by atoms with Gasteiger partial charge in [0.2, 0.25) is 0 Å². The first kappa shape index (κ1) is 15.8. The second kappa shape index (κ2) is 7.43. The van der Waals surface area contributed by atoms with Crippen LogP contribution < -0.4 is 10.1 Å². The molecule has 1 heterocycles. The van der Waals surface area contributed by atoms with Gasteiger partial charge in [-0.05, 0) is 35.6 Å². The number of methoxy groups -OCH3 is 1. The van der Waals surface area contributed by atoms with Crippen LogP contribution in [0.3, 0.4) is 0 Å². The highest BCUT2D eigenvalue weighted by Gasteiger charge is 2.16. The summed E-state index contributed by atoms with van der Waals surface area (Å²) in [5.74, 6) is 1.49. The summed E-state index contributed by atoms with van der Waals surface area (Å²) in [5, 5.41) is 3.40. The van der Waals surface area contributed by atoms with E-state index in [1.807, 2.05) is 0 Å². The van der Waals surface area contributed by atoms with Crippen LogP contribution in [0.2, 0.25) is 0 Å². The number of hydrogen-bond donors (Lipinski definition) is 1. The lowest BCUT2D eigenvalue weighted by atomic mass is 9.94. The van der Waals surface area contributed by atoms with Crippen LogP contribution in [0.4, 0.5) is 0 Å². The van der Waals surface area contributed by atoms with E-state index in [1.54, 1.807) is 7.11 Å². The molecule has 1 aliphatic rings. The average Bonchev–Trinajstić information content (AvgIpc) is 2.45. The number of ether oxygens (including phenoxy) is 1. The quantitative estimate of drug-likeness (QED) is 0.891. The minimum Gasteiger partial charge on any atom is -0.496 e. The number of halogens is 1. The number of hydrogen-bond acceptors (Lipinski definition) is 3. The molecule has 3 nitrogen and oxygen atoms in total.